The highest BCUT2D eigenvalue weighted by atomic mass is 32.2. The summed E-state index contributed by atoms with van der Waals surface area (Å²) in [6.45, 7) is 2.53. The second kappa shape index (κ2) is 6.78. The van der Waals surface area contributed by atoms with Gasteiger partial charge in [0.2, 0.25) is 10.8 Å². The predicted molar refractivity (Wildman–Crippen MR) is 117 cm³/mol. The van der Waals surface area contributed by atoms with Crippen molar-refractivity contribution in [2.45, 2.75) is 18.3 Å². The number of thioether (sulfide) groups is 1. The van der Waals surface area contributed by atoms with Crippen LogP contribution in [0.4, 0.5) is 11.4 Å². The minimum atomic E-state index is -1.04. The molecule has 0 saturated carbocycles. The summed E-state index contributed by atoms with van der Waals surface area (Å²) in [4.78, 5) is 29.3. The van der Waals surface area contributed by atoms with Gasteiger partial charge in [0, 0.05) is 11.3 Å². The fraction of sp³-hybridized carbons (Fsp3) is 0.167. The molecule has 0 aliphatic carbocycles. The molecule has 1 atom stereocenters. The van der Waals surface area contributed by atoms with E-state index in [-0.39, 0.29) is 17.6 Å². The van der Waals surface area contributed by atoms with Crippen LogP contribution in [0.5, 0.6) is 0 Å². The number of carbonyl (C=O) groups excluding carboxylic acids is 2. The number of hydrogen-bond donors (Lipinski definition) is 0. The zero-order valence-corrected chi connectivity index (χ0v) is 16.9. The molecule has 2 heterocycles. The van der Waals surface area contributed by atoms with Crippen molar-refractivity contribution in [1.82, 2.24) is 0 Å². The van der Waals surface area contributed by atoms with Gasteiger partial charge >= 0.3 is 0 Å². The van der Waals surface area contributed by atoms with E-state index in [4.69, 9.17) is 0 Å². The van der Waals surface area contributed by atoms with E-state index >= 15 is 0 Å². The average Bonchev–Trinajstić information content (AvgIpc) is 3.21. The summed E-state index contributed by atoms with van der Waals surface area (Å²) in [5.41, 5.74) is 4.77. The van der Waals surface area contributed by atoms with Crippen molar-refractivity contribution < 1.29 is 9.59 Å². The SMILES string of the molecule is Cc1ccc(CN2C(=O)[C@@]3(SCC(=O)N3c3ccccc3)c3ccccc32)cc1. The summed E-state index contributed by atoms with van der Waals surface area (Å²) >= 11 is 1.42. The highest BCUT2D eigenvalue weighted by Crippen LogP contribution is 2.55. The van der Waals surface area contributed by atoms with Crippen LogP contribution in [-0.4, -0.2) is 17.6 Å². The van der Waals surface area contributed by atoms with E-state index in [0.29, 0.717) is 6.54 Å². The molecule has 4 nitrogen and oxygen atoms in total. The van der Waals surface area contributed by atoms with Crippen molar-refractivity contribution in [3.05, 3.63) is 95.6 Å². The second-order valence-electron chi connectivity index (χ2n) is 7.39. The van der Waals surface area contributed by atoms with Crippen LogP contribution in [0, 0.1) is 6.92 Å². The van der Waals surface area contributed by atoms with Gasteiger partial charge in [-0.2, -0.15) is 0 Å². The Kier molecular flexibility index (Phi) is 4.21. The van der Waals surface area contributed by atoms with Crippen LogP contribution in [-0.2, 0) is 21.0 Å². The first-order chi connectivity index (χ1) is 14.1. The third-order valence-electron chi connectivity index (χ3n) is 5.54. The van der Waals surface area contributed by atoms with Gasteiger partial charge in [0.05, 0.1) is 18.0 Å². The molecule has 2 amide bonds. The number of amides is 2. The van der Waals surface area contributed by atoms with Crippen LogP contribution in [0.3, 0.4) is 0 Å². The molecular formula is C24H20N2O2S. The lowest BCUT2D eigenvalue weighted by atomic mass is 10.0. The molecule has 1 spiro atoms. The lowest BCUT2D eigenvalue weighted by Gasteiger charge is -2.33. The Bertz CT molecular complexity index is 1100. The summed E-state index contributed by atoms with van der Waals surface area (Å²) in [5, 5.41) is 0. The number of hydrogen-bond acceptors (Lipinski definition) is 3. The Morgan fingerprint density at radius 1 is 0.897 bits per heavy atom. The van der Waals surface area contributed by atoms with Gasteiger partial charge in [-0.1, -0.05) is 66.2 Å². The molecule has 5 rings (SSSR count). The minimum Gasteiger partial charge on any atom is -0.304 e. The molecule has 0 bridgehead atoms. The first-order valence-corrected chi connectivity index (χ1v) is 10.6. The first kappa shape index (κ1) is 18.0. The molecule has 5 heteroatoms. The summed E-state index contributed by atoms with van der Waals surface area (Å²) in [6, 6.07) is 25.6. The molecule has 2 aliphatic heterocycles. The van der Waals surface area contributed by atoms with Crippen molar-refractivity contribution in [1.29, 1.82) is 0 Å². The average molecular weight is 401 g/mol. The number of rotatable bonds is 3. The quantitative estimate of drug-likeness (QED) is 0.651. The van der Waals surface area contributed by atoms with E-state index in [1.807, 2.05) is 66.4 Å². The highest BCUT2D eigenvalue weighted by molar-refractivity contribution is 8.02. The molecule has 3 aromatic carbocycles. The maximum atomic E-state index is 13.9. The fourth-order valence-corrected chi connectivity index (χ4v) is 5.53. The Morgan fingerprint density at radius 2 is 1.59 bits per heavy atom. The summed E-state index contributed by atoms with van der Waals surface area (Å²) < 4.78 is 0. The monoisotopic (exact) mass is 400 g/mol. The molecule has 0 radical (unpaired) electrons. The van der Waals surface area contributed by atoms with Gasteiger partial charge < -0.3 is 4.90 Å². The number of benzene rings is 3. The third-order valence-corrected chi connectivity index (χ3v) is 6.93. The van der Waals surface area contributed by atoms with Crippen LogP contribution in [0.15, 0.2) is 78.9 Å². The molecule has 0 N–H and O–H groups in total. The molecule has 29 heavy (non-hydrogen) atoms. The molecule has 144 valence electrons. The van der Waals surface area contributed by atoms with E-state index < -0.39 is 4.87 Å². The van der Waals surface area contributed by atoms with Gasteiger partial charge in [0.1, 0.15) is 0 Å². The number of carbonyl (C=O) groups is 2. The molecule has 3 aromatic rings. The smallest absolute Gasteiger partial charge is 0.269 e. The van der Waals surface area contributed by atoms with E-state index in [2.05, 4.69) is 24.3 Å². The lowest BCUT2D eigenvalue weighted by Crippen LogP contribution is -2.49. The Labute approximate surface area is 174 Å². The van der Waals surface area contributed by atoms with Crippen LogP contribution in [0.1, 0.15) is 16.7 Å². The van der Waals surface area contributed by atoms with Gasteiger partial charge in [-0.15, -0.1) is 11.8 Å². The normalized spacial score (nSPS) is 20.6. The summed E-state index contributed by atoms with van der Waals surface area (Å²) in [5.74, 6) is 0.188. The third kappa shape index (κ3) is 2.69. The lowest BCUT2D eigenvalue weighted by molar-refractivity contribution is -0.123. The van der Waals surface area contributed by atoms with Gasteiger partial charge in [-0.25, -0.2) is 0 Å². The maximum absolute atomic E-state index is 13.9. The van der Waals surface area contributed by atoms with Crippen LogP contribution >= 0.6 is 11.8 Å². The van der Waals surface area contributed by atoms with Crippen molar-refractivity contribution >= 4 is 35.0 Å². The molecule has 0 aromatic heterocycles. The Balaban J connectivity index is 1.63. The van der Waals surface area contributed by atoms with Gasteiger partial charge in [-0.05, 0) is 30.7 Å². The standard InChI is InChI=1S/C24H20N2O2S/c1-17-11-13-18(14-12-17)15-25-21-10-6-5-9-20(21)24(23(25)28)26(22(27)16-29-24)19-7-3-2-4-8-19/h2-14H,15-16H2,1H3/t24-/m0/s1. The van der Waals surface area contributed by atoms with E-state index in [1.54, 1.807) is 4.90 Å². The van der Waals surface area contributed by atoms with E-state index in [9.17, 15) is 9.59 Å². The number of fused-ring (bicyclic) bond motifs is 2. The number of anilines is 2. The first-order valence-electron chi connectivity index (χ1n) is 9.60. The molecule has 1 saturated heterocycles. The minimum absolute atomic E-state index is 0.0402. The van der Waals surface area contributed by atoms with Crippen molar-refractivity contribution in [2.24, 2.45) is 0 Å². The Morgan fingerprint density at radius 3 is 2.34 bits per heavy atom. The molecule has 0 unspecified atom stereocenters. The summed E-state index contributed by atoms with van der Waals surface area (Å²) in [6.07, 6.45) is 0. The summed E-state index contributed by atoms with van der Waals surface area (Å²) in [7, 11) is 0. The van der Waals surface area contributed by atoms with Gasteiger partial charge in [0.25, 0.3) is 5.91 Å². The zero-order chi connectivity index (χ0) is 20.0. The highest BCUT2D eigenvalue weighted by Gasteiger charge is 2.60. The van der Waals surface area contributed by atoms with E-state index in [1.165, 1.54) is 17.3 Å². The second-order valence-corrected chi connectivity index (χ2v) is 8.56. The predicted octanol–water partition coefficient (Wildman–Crippen LogP) is 4.47. The van der Waals surface area contributed by atoms with Crippen molar-refractivity contribution in [2.75, 3.05) is 15.6 Å². The topological polar surface area (TPSA) is 40.6 Å². The number of para-hydroxylation sites is 2. The van der Waals surface area contributed by atoms with Crippen LogP contribution in [0.2, 0.25) is 0 Å². The Hall–Kier alpha value is -3.05. The van der Waals surface area contributed by atoms with Crippen LogP contribution < -0.4 is 9.80 Å². The number of nitrogens with zero attached hydrogens (tertiary/aromatic N) is 2. The van der Waals surface area contributed by atoms with Gasteiger partial charge in [-0.3, -0.25) is 14.5 Å². The van der Waals surface area contributed by atoms with Crippen molar-refractivity contribution in [3.63, 3.8) is 0 Å². The van der Waals surface area contributed by atoms with Crippen molar-refractivity contribution in [3.8, 4) is 0 Å². The van der Waals surface area contributed by atoms with E-state index in [0.717, 1.165) is 22.5 Å². The number of aryl methyl sites for hydroxylation is 1. The largest absolute Gasteiger partial charge is 0.304 e. The van der Waals surface area contributed by atoms with Crippen LogP contribution in [0.25, 0.3) is 0 Å². The van der Waals surface area contributed by atoms with Gasteiger partial charge in [0.15, 0.2) is 0 Å². The fourth-order valence-electron chi connectivity index (χ4n) is 4.17. The molecule has 2 aliphatic rings. The maximum Gasteiger partial charge on any atom is 0.269 e. The molecular weight excluding hydrogens is 380 g/mol. The molecule has 1 fully saturated rings. The zero-order valence-electron chi connectivity index (χ0n) is 16.0.